The number of carbonyl (C=O) groups excluding carboxylic acids is 1. The molecule has 0 spiro atoms. The Labute approximate surface area is 85.3 Å². The van der Waals surface area contributed by atoms with E-state index in [1.54, 1.807) is 0 Å². The average Bonchev–Trinajstić information content (AvgIpc) is 2.16. The molecule has 1 aliphatic heterocycles. The topological polar surface area (TPSA) is 80.7 Å². The summed E-state index contributed by atoms with van der Waals surface area (Å²) >= 11 is -1.49. The molecule has 80 valence electrons. The lowest BCUT2D eigenvalue weighted by Gasteiger charge is -2.28. The molecule has 1 saturated heterocycles. The Morgan fingerprint density at radius 1 is 1.43 bits per heavy atom. The van der Waals surface area contributed by atoms with E-state index in [2.05, 4.69) is 0 Å². The van der Waals surface area contributed by atoms with Crippen LogP contribution in [0.3, 0.4) is 0 Å². The minimum atomic E-state index is -1.49. The quantitative estimate of drug-likeness (QED) is 0.642. The first-order chi connectivity index (χ1) is 6.52. The van der Waals surface area contributed by atoms with Crippen LogP contribution in [0, 0.1) is 5.92 Å². The first-order valence-electron chi connectivity index (χ1n) is 4.37. The number of piperidine rings is 1. The van der Waals surface area contributed by atoms with Crippen molar-refractivity contribution in [2.24, 2.45) is 5.92 Å². The monoisotopic (exact) mass is 219 g/mol. The Balaban J connectivity index is 2.43. The molecular weight excluding hydrogens is 206 g/mol. The van der Waals surface area contributed by atoms with Crippen LogP contribution < -0.4 is 0 Å². The fourth-order valence-corrected chi connectivity index (χ4v) is 2.04. The second-order valence-corrected chi connectivity index (χ2v) is 4.58. The number of amides is 1. The van der Waals surface area contributed by atoms with Crippen molar-refractivity contribution < 1.29 is 19.2 Å². The maximum Gasteiger partial charge on any atom is 0.429 e. The molecule has 0 aromatic carbocycles. The molecule has 1 N–H and O–H groups in total. The molecule has 1 amide bonds. The second-order valence-electron chi connectivity index (χ2n) is 3.32. The van der Waals surface area contributed by atoms with Crippen LogP contribution in [0.2, 0.25) is 0 Å². The van der Waals surface area contributed by atoms with Crippen LogP contribution in [-0.4, -0.2) is 45.1 Å². The van der Waals surface area contributed by atoms with E-state index in [0.29, 0.717) is 25.9 Å². The van der Waals surface area contributed by atoms with E-state index in [1.165, 1.54) is 11.2 Å². The SMILES string of the molecule is C[S+]([O-])C(=O)N1CCC(C(=O)O)CC1. The summed E-state index contributed by atoms with van der Waals surface area (Å²) in [5.74, 6) is -1.17. The van der Waals surface area contributed by atoms with Crippen LogP contribution in [0.5, 0.6) is 0 Å². The Bertz CT molecular complexity index is 235. The summed E-state index contributed by atoms with van der Waals surface area (Å²) in [6.45, 7) is 0.796. The summed E-state index contributed by atoms with van der Waals surface area (Å²) in [7, 11) is 0. The van der Waals surface area contributed by atoms with Gasteiger partial charge in [0.25, 0.3) is 0 Å². The van der Waals surface area contributed by atoms with Gasteiger partial charge in [0.15, 0.2) is 0 Å². The molecule has 0 aromatic heterocycles. The zero-order chi connectivity index (χ0) is 10.7. The predicted octanol–water partition coefficient (Wildman–Crippen LogP) is 0.281. The molecule has 1 rings (SSSR count). The number of aliphatic carboxylic acids is 1. The van der Waals surface area contributed by atoms with Gasteiger partial charge in [-0.25, -0.2) is 4.79 Å². The molecule has 1 fully saturated rings. The molecule has 0 bridgehead atoms. The third-order valence-electron chi connectivity index (χ3n) is 2.35. The van der Waals surface area contributed by atoms with Crippen molar-refractivity contribution in [3.05, 3.63) is 0 Å². The lowest BCUT2D eigenvalue weighted by molar-refractivity contribution is -0.143. The van der Waals surface area contributed by atoms with Gasteiger partial charge in [-0.2, -0.15) is 0 Å². The number of carboxylic acid groups (broad SMARTS) is 1. The number of hydrogen-bond donors (Lipinski definition) is 1. The maximum absolute atomic E-state index is 11.3. The van der Waals surface area contributed by atoms with Gasteiger partial charge in [-0.05, 0) is 12.8 Å². The van der Waals surface area contributed by atoms with Crippen LogP contribution in [0.25, 0.3) is 0 Å². The van der Waals surface area contributed by atoms with Crippen molar-refractivity contribution in [2.75, 3.05) is 19.3 Å². The fraction of sp³-hybridized carbons (Fsp3) is 0.750. The summed E-state index contributed by atoms with van der Waals surface area (Å²) < 4.78 is 10.9. The first kappa shape index (κ1) is 11.3. The third kappa shape index (κ3) is 2.62. The van der Waals surface area contributed by atoms with Crippen LogP contribution in [0.15, 0.2) is 0 Å². The van der Waals surface area contributed by atoms with Gasteiger partial charge in [0, 0.05) is 24.3 Å². The van der Waals surface area contributed by atoms with Gasteiger partial charge in [0.2, 0.25) is 0 Å². The number of rotatable bonds is 1. The highest BCUT2D eigenvalue weighted by Gasteiger charge is 2.30. The zero-order valence-electron chi connectivity index (χ0n) is 7.93. The average molecular weight is 219 g/mol. The van der Waals surface area contributed by atoms with Crippen LogP contribution >= 0.6 is 0 Å². The minimum Gasteiger partial charge on any atom is -0.608 e. The highest BCUT2D eigenvalue weighted by molar-refractivity contribution is 8.05. The Hall–Kier alpha value is -0.750. The van der Waals surface area contributed by atoms with E-state index in [0.717, 1.165) is 0 Å². The molecule has 0 aliphatic carbocycles. The lowest BCUT2D eigenvalue weighted by atomic mass is 9.98. The maximum atomic E-state index is 11.3. The molecule has 14 heavy (non-hydrogen) atoms. The van der Waals surface area contributed by atoms with Crippen molar-refractivity contribution >= 4 is 22.4 Å². The van der Waals surface area contributed by atoms with E-state index >= 15 is 0 Å². The second kappa shape index (κ2) is 4.65. The van der Waals surface area contributed by atoms with Crippen molar-refractivity contribution in [1.29, 1.82) is 0 Å². The number of carboxylic acids is 1. The van der Waals surface area contributed by atoms with E-state index < -0.39 is 22.4 Å². The zero-order valence-corrected chi connectivity index (χ0v) is 8.75. The first-order valence-corrected chi connectivity index (χ1v) is 5.93. The van der Waals surface area contributed by atoms with Crippen LogP contribution in [0.4, 0.5) is 4.79 Å². The third-order valence-corrected chi connectivity index (χ3v) is 3.10. The highest BCUT2D eigenvalue weighted by Crippen LogP contribution is 2.18. The van der Waals surface area contributed by atoms with Gasteiger partial charge in [-0.15, -0.1) is 0 Å². The molecule has 1 aliphatic rings. The Morgan fingerprint density at radius 2 is 1.93 bits per heavy atom. The smallest absolute Gasteiger partial charge is 0.429 e. The van der Waals surface area contributed by atoms with E-state index in [9.17, 15) is 14.1 Å². The largest absolute Gasteiger partial charge is 0.608 e. The van der Waals surface area contributed by atoms with Crippen molar-refractivity contribution in [2.45, 2.75) is 12.8 Å². The summed E-state index contributed by atoms with van der Waals surface area (Å²) in [4.78, 5) is 23.3. The van der Waals surface area contributed by atoms with Crippen molar-refractivity contribution in [3.63, 3.8) is 0 Å². The van der Waals surface area contributed by atoms with Crippen LogP contribution in [0.1, 0.15) is 12.8 Å². The van der Waals surface area contributed by atoms with Gasteiger partial charge in [-0.3, -0.25) is 9.69 Å². The van der Waals surface area contributed by atoms with Gasteiger partial charge in [-0.1, -0.05) is 0 Å². The summed E-state index contributed by atoms with van der Waals surface area (Å²) in [5.41, 5.74) is 0. The molecular formula is C8H13NO4S. The number of carbonyl (C=O) groups is 2. The summed E-state index contributed by atoms with van der Waals surface area (Å²) in [6.07, 6.45) is 2.25. The number of nitrogens with zero attached hydrogens (tertiary/aromatic N) is 1. The molecule has 0 aromatic rings. The van der Waals surface area contributed by atoms with Gasteiger partial charge in [0.1, 0.15) is 6.26 Å². The van der Waals surface area contributed by atoms with Crippen molar-refractivity contribution in [1.82, 2.24) is 4.90 Å². The van der Waals surface area contributed by atoms with Crippen molar-refractivity contribution in [3.8, 4) is 0 Å². The summed E-state index contributed by atoms with van der Waals surface area (Å²) in [5, 5.41) is 8.31. The normalized spacial score (nSPS) is 20.6. The molecule has 1 atom stereocenters. The number of hydrogen-bond acceptors (Lipinski definition) is 3. The minimum absolute atomic E-state index is 0.357. The molecule has 6 heteroatoms. The summed E-state index contributed by atoms with van der Waals surface area (Å²) in [6, 6.07) is 0. The Morgan fingerprint density at radius 3 is 2.29 bits per heavy atom. The van der Waals surface area contributed by atoms with Gasteiger partial charge in [0.05, 0.1) is 5.92 Å². The highest BCUT2D eigenvalue weighted by atomic mass is 32.2. The fourth-order valence-electron chi connectivity index (χ4n) is 1.49. The Kier molecular flexibility index (Phi) is 3.77. The predicted molar refractivity (Wildman–Crippen MR) is 51.4 cm³/mol. The van der Waals surface area contributed by atoms with E-state index in [4.69, 9.17) is 5.11 Å². The molecule has 5 nitrogen and oxygen atoms in total. The molecule has 1 heterocycles. The van der Waals surface area contributed by atoms with E-state index in [-0.39, 0.29) is 5.92 Å². The van der Waals surface area contributed by atoms with Crippen LogP contribution in [-0.2, 0) is 16.0 Å². The molecule has 1 unspecified atom stereocenters. The van der Waals surface area contributed by atoms with E-state index in [1.807, 2.05) is 0 Å². The number of likely N-dealkylation sites (tertiary alicyclic amines) is 1. The standard InChI is InChI=1S/C8H13NO4S/c1-14(13)8(12)9-4-2-6(3-5-9)7(10)11/h6H,2-5H2,1H3,(H,10,11). The van der Waals surface area contributed by atoms with Gasteiger partial charge < -0.3 is 9.66 Å². The molecule has 0 saturated carbocycles. The lowest BCUT2D eigenvalue weighted by Crippen LogP contribution is -2.42. The van der Waals surface area contributed by atoms with Gasteiger partial charge >= 0.3 is 11.2 Å². The molecule has 0 radical (unpaired) electrons.